The number of hydrogen-bond acceptors (Lipinski definition) is 3. The monoisotopic (exact) mass is 327 g/mol. The molecule has 0 amide bonds. The van der Waals surface area contributed by atoms with E-state index in [-0.39, 0.29) is 0 Å². The number of hydrogen-bond donors (Lipinski definition) is 2. The second-order valence-corrected chi connectivity index (χ2v) is 5.83. The Morgan fingerprint density at radius 2 is 1.80 bits per heavy atom. The maximum atomic E-state index is 7.46. The molecule has 3 rings (SSSR count). The fraction of sp³-hybridized carbons (Fsp3) is 0.0455. The van der Waals surface area contributed by atoms with Gasteiger partial charge < -0.3 is 16.0 Å². The van der Waals surface area contributed by atoms with E-state index in [0.717, 1.165) is 22.5 Å². The van der Waals surface area contributed by atoms with Crippen LogP contribution in [-0.2, 0) is 0 Å². The first-order valence-electron chi connectivity index (χ1n) is 8.09. The smallest absolute Gasteiger partial charge is 0.0481 e. The predicted octanol–water partition coefficient (Wildman–Crippen LogP) is 5.20. The standard InChI is InChI=1S/C22H21N3/c1-3-16-12-19(20(14-23)15-24)9-11-22(16)25(2)21-10-8-17-6-4-5-7-18(17)13-21/h3-15,23H,1,24H2,2H3/b20-15+,23-14?. The second kappa shape index (κ2) is 7.05. The molecule has 0 heterocycles. The van der Waals surface area contributed by atoms with E-state index in [9.17, 15) is 0 Å². The number of anilines is 2. The normalized spacial score (nSPS) is 11.3. The number of allylic oxidation sites excluding steroid dienone is 1. The van der Waals surface area contributed by atoms with Crippen LogP contribution >= 0.6 is 0 Å². The molecule has 124 valence electrons. The van der Waals surface area contributed by atoms with Crippen LogP contribution in [0.15, 0.2) is 73.4 Å². The van der Waals surface area contributed by atoms with Crippen LogP contribution < -0.4 is 10.6 Å². The van der Waals surface area contributed by atoms with Crippen molar-refractivity contribution in [3.8, 4) is 0 Å². The van der Waals surface area contributed by atoms with Gasteiger partial charge in [-0.15, -0.1) is 0 Å². The van der Waals surface area contributed by atoms with E-state index in [0.29, 0.717) is 5.57 Å². The minimum atomic E-state index is 0.683. The van der Waals surface area contributed by atoms with Gasteiger partial charge in [-0.3, -0.25) is 0 Å². The zero-order chi connectivity index (χ0) is 17.8. The summed E-state index contributed by atoms with van der Waals surface area (Å²) in [6.45, 7) is 3.94. The van der Waals surface area contributed by atoms with Gasteiger partial charge >= 0.3 is 0 Å². The highest BCUT2D eigenvalue weighted by molar-refractivity contribution is 6.08. The van der Waals surface area contributed by atoms with Gasteiger partial charge in [0.1, 0.15) is 0 Å². The highest BCUT2D eigenvalue weighted by atomic mass is 15.1. The van der Waals surface area contributed by atoms with E-state index in [1.807, 2.05) is 43.5 Å². The fourth-order valence-electron chi connectivity index (χ4n) is 2.96. The Hall–Kier alpha value is -3.33. The van der Waals surface area contributed by atoms with Gasteiger partial charge in [0.2, 0.25) is 0 Å². The molecule has 0 atom stereocenters. The van der Waals surface area contributed by atoms with Crippen molar-refractivity contribution in [1.82, 2.24) is 0 Å². The van der Waals surface area contributed by atoms with Gasteiger partial charge in [-0.25, -0.2) is 0 Å². The molecule has 0 aromatic heterocycles. The van der Waals surface area contributed by atoms with Crippen molar-refractivity contribution in [2.75, 3.05) is 11.9 Å². The number of nitrogens with one attached hydrogen (secondary N) is 1. The third-order valence-electron chi connectivity index (χ3n) is 4.40. The zero-order valence-corrected chi connectivity index (χ0v) is 14.2. The summed E-state index contributed by atoms with van der Waals surface area (Å²) in [5.41, 5.74) is 10.3. The summed E-state index contributed by atoms with van der Waals surface area (Å²) in [5, 5.41) is 9.90. The lowest BCUT2D eigenvalue weighted by atomic mass is 10.0. The topological polar surface area (TPSA) is 53.1 Å². The highest BCUT2D eigenvalue weighted by Gasteiger charge is 2.10. The molecule has 0 unspecified atom stereocenters. The van der Waals surface area contributed by atoms with Crippen molar-refractivity contribution in [3.05, 3.63) is 84.6 Å². The molecule has 0 saturated carbocycles. The van der Waals surface area contributed by atoms with Crippen LogP contribution in [0.25, 0.3) is 22.4 Å². The van der Waals surface area contributed by atoms with Gasteiger partial charge in [0.05, 0.1) is 0 Å². The molecule has 0 saturated heterocycles. The Morgan fingerprint density at radius 3 is 2.48 bits per heavy atom. The molecule has 0 aliphatic rings. The fourth-order valence-corrected chi connectivity index (χ4v) is 2.96. The van der Waals surface area contributed by atoms with Crippen LogP contribution in [0, 0.1) is 5.41 Å². The SMILES string of the molecule is C=Cc1cc(/C(C=N)=C/N)ccc1N(C)c1ccc2ccccc2c1. The lowest BCUT2D eigenvalue weighted by Crippen LogP contribution is -2.11. The van der Waals surface area contributed by atoms with Crippen molar-refractivity contribution in [3.63, 3.8) is 0 Å². The van der Waals surface area contributed by atoms with E-state index in [4.69, 9.17) is 11.1 Å². The molecule has 3 N–H and O–H groups in total. The van der Waals surface area contributed by atoms with E-state index in [1.54, 1.807) is 0 Å². The molecule has 0 aliphatic heterocycles. The summed E-state index contributed by atoms with van der Waals surface area (Å²) in [6.07, 6.45) is 4.53. The van der Waals surface area contributed by atoms with Gasteiger partial charge in [0.25, 0.3) is 0 Å². The van der Waals surface area contributed by atoms with Crippen molar-refractivity contribution in [2.24, 2.45) is 5.73 Å². The molecule has 3 aromatic carbocycles. The first kappa shape index (κ1) is 16.5. The summed E-state index contributed by atoms with van der Waals surface area (Å²) in [5.74, 6) is 0. The van der Waals surface area contributed by atoms with Crippen molar-refractivity contribution >= 4 is 40.0 Å². The number of rotatable bonds is 5. The van der Waals surface area contributed by atoms with Crippen LogP contribution in [0.5, 0.6) is 0 Å². The number of nitrogens with two attached hydrogens (primary N) is 1. The first-order valence-corrected chi connectivity index (χ1v) is 8.09. The van der Waals surface area contributed by atoms with E-state index in [1.165, 1.54) is 23.2 Å². The van der Waals surface area contributed by atoms with Gasteiger partial charge in [0, 0.05) is 36.4 Å². The van der Waals surface area contributed by atoms with Crippen LogP contribution in [0.3, 0.4) is 0 Å². The highest BCUT2D eigenvalue weighted by Crippen LogP contribution is 2.31. The number of benzene rings is 3. The summed E-state index contributed by atoms with van der Waals surface area (Å²) < 4.78 is 0. The minimum Gasteiger partial charge on any atom is -0.404 e. The molecule has 0 aliphatic carbocycles. The Kier molecular flexibility index (Phi) is 4.66. The van der Waals surface area contributed by atoms with E-state index >= 15 is 0 Å². The summed E-state index contributed by atoms with van der Waals surface area (Å²) in [4.78, 5) is 2.14. The molecule has 3 nitrogen and oxygen atoms in total. The van der Waals surface area contributed by atoms with Crippen LogP contribution in [0.4, 0.5) is 11.4 Å². The lowest BCUT2D eigenvalue weighted by Gasteiger charge is -2.23. The van der Waals surface area contributed by atoms with Gasteiger partial charge in [0.15, 0.2) is 0 Å². The van der Waals surface area contributed by atoms with Crippen molar-refractivity contribution in [1.29, 1.82) is 5.41 Å². The van der Waals surface area contributed by atoms with E-state index < -0.39 is 0 Å². The van der Waals surface area contributed by atoms with Crippen molar-refractivity contribution < 1.29 is 0 Å². The van der Waals surface area contributed by atoms with Crippen LogP contribution in [0.1, 0.15) is 11.1 Å². The molecule has 0 spiro atoms. The number of fused-ring (bicyclic) bond motifs is 1. The van der Waals surface area contributed by atoms with Gasteiger partial charge in [-0.2, -0.15) is 0 Å². The van der Waals surface area contributed by atoms with Crippen LogP contribution in [0.2, 0.25) is 0 Å². The Morgan fingerprint density at radius 1 is 1.04 bits per heavy atom. The quantitative estimate of drug-likeness (QED) is 0.633. The largest absolute Gasteiger partial charge is 0.404 e. The molecule has 3 heteroatoms. The summed E-state index contributed by atoms with van der Waals surface area (Å²) in [7, 11) is 2.04. The zero-order valence-electron chi connectivity index (χ0n) is 14.2. The van der Waals surface area contributed by atoms with E-state index in [2.05, 4.69) is 41.8 Å². The van der Waals surface area contributed by atoms with Gasteiger partial charge in [-0.05, 0) is 46.2 Å². The number of nitrogens with zero attached hydrogens (tertiary/aromatic N) is 1. The first-order chi connectivity index (χ1) is 12.2. The predicted molar refractivity (Wildman–Crippen MR) is 109 cm³/mol. The molecule has 0 radical (unpaired) electrons. The molecule has 0 fully saturated rings. The lowest BCUT2D eigenvalue weighted by molar-refractivity contribution is 1.21. The molecule has 25 heavy (non-hydrogen) atoms. The van der Waals surface area contributed by atoms with Crippen molar-refractivity contribution in [2.45, 2.75) is 0 Å². The molecular formula is C22H21N3. The third-order valence-corrected chi connectivity index (χ3v) is 4.40. The second-order valence-electron chi connectivity index (χ2n) is 5.83. The third kappa shape index (κ3) is 3.17. The Bertz CT molecular complexity index is 970. The maximum absolute atomic E-state index is 7.46. The minimum absolute atomic E-state index is 0.683. The summed E-state index contributed by atoms with van der Waals surface area (Å²) in [6, 6.07) is 20.8. The van der Waals surface area contributed by atoms with Crippen LogP contribution in [-0.4, -0.2) is 13.3 Å². The maximum Gasteiger partial charge on any atom is 0.0481 e. The average Bonchev–Trinajstić information content (AvgIpc) is 2.67. The van der Waals surface area contributed by atoms with Gasteiger partial charge in [-0.1, -0.05) is 49.1 Å². The average molecular weight is 327 g/mol. The molecule has 3 aromatic rings. The molecule has 0 bridgehead atoms. The Balaban J connectivity index is 2.04. The Labute approximate surface area is 148 Å². The molecular weight excluding hydrogens is 306 g/mol. The summed E-state index contributed by atoms with van der Waals surface area (Å²) >= 11 is 0.